The van der Waals surface area contributed by atoms with Gasteiger partial charge >= 0.3 is 0 Å². The number of benzene rings is 2. The van der Waals surface area contributed by atoms with E-state index in [1.807, 2.05) is 0 Å². The van der Waals surface area contributed by atoms with E-state index in [1.165, 1.54) is 0 Å². The number of nitrogens with one attached hydrogen (secondary N) is 2. The van der Waals surface area contributed by atoms with Crippen LogP contribution >= 0.6 is 0 Å². The molecule has 0 spiro atoms. The highest BCUT2D eigenvalue weighted by Crippen LogP contribution is 2.22. The van der Waals surface area contributed by atoms with Crippen LogP contribution in [0.3, 0.4) is 0 Å². The fourth-order valence-electron chi connectivity index (χ4n) is 2.57. The largest absolute Gasteiger partial charge is 0.497 e. The zero-order valence-corrected chi connectivity index (χ0v) is 15.0. The van der Waals surface area contributed by atoms with E-state index in [0.717, 1.165) is 0 Å². The van der Waals surface area contributed by atoms with Gasteiger partial charge in [-0.2, -0.15) is 0 Å². The molecule has 0 aromatic heterocycles. The van der Waals surface area contributed by atoms with E-state index in [9.17, 15) is 13.2 Å². The van der Waals surface area contributed by atoms with Gasteiger partial charge in [0, 0.05) is 24.2 Å². The maximum absolute atomic E-state index is 12.0. The molecule has 1 heterocycles. The number of nitrogens with zero attached hydrogens (tertiary/aromatic N) is 1. The van der Waals surface area contributed by atoms with Crippen molar-refractivity contribution in [3.63, 3.8) is 0 Å². The fourth-order valence-corrected chi connectivity index (χ4v) is 3.82. The lowest BCUT2D eigenvalue weighted by molar-refractivity contribution is 0.0953. The highest BCUT2D eigenvalue weighted by Gasteiger charge is 2.29. The van der Waals surface area contributed by atoms with Gasteiger partial charge in [-0.05, 0) is 42.8 Å². The second-order valence-electron chi connectivity index (χ2n) is 5.67. The normalized spacial score (nSPS) is 16.0. The molecule has 1 aliphatic heterocycles. The topological polar surface area (TPSA) is 96.9 Å². The standard InChI is InChI=1S/C18H19N3O4S/c1-25-14-9-7-13(8-10-14)18(22)20-12-4-11-19-17-15-5-2-3-6-16(15)26(23,24)21-17/h2-3,5-10H,4,11-12H2,1H3,(H,19,21)(H,20,22). The molecule has 2 N–H and O–H groups in total. The highest BCUT2D eigenvalue weighted by atomic mass is 32.2. The summed E-state index contributed by atoms with van der Waals surface area (Å²) in [7, 11) is -1.94. The summed E-state index contributed by atoms with van der Waals surface area (Å²) < 4.78 is 31.5. The maximum Gasteiger partial charge on any atom is 0.263 e. The van der Waals surface area contributed by atoms with Crippen LogP contribution in [0, 0.1) is 0 Å². The van der Waals surface area contributed by atoms with Gasteiger partial charge in [0.05, 0.1) is 12.0 Å². The molecule has 0 aliphatic carbocycles. The number of methoxy groups -OCH3 is 1. The molecule has 7 nitrogen and oxygen atoms in total. The first-order chi connectivity index (χ1) is 12.5. The summed E-state index contributed by atoms with van der Waals surface area (Å²) in [5.41, 5.74) is 1.13. The van der Waals surface area contributed by atoms with Crippen molar-refractivity contribution < 1.29 is 17.9 Å². The number of aliphatic imine (C=N–C) groups is 1. The number of carbonyl (C=O) groups excluding carboxylic acids is 1. The molecule has 0 radical (unpaired) electrons. The monoisotopic (exact) mass is 373 g/mol. The van der Waals surface area contributed by atoms with Gasteiger partial charge in [-0.1, -0.05) is 12.1 Å². The van der Waals surface area contributed by atoms with E-state index in [2.05, 4.69) is 15.0 Å². The molecule has 0 fully saturated rings. The number of carbonyl (C=O) groups is 1. The minimum Gasteiger partial charge on any atom is -0.497 e. The van der Waals surface area contributed by atoms with E-state index >= 15 is 0 Å². The number of amides is 1. The van der Waals surface area contributed by atoms with Gasteiger partial charge in [-0.25, -0.2) is 8.42 Å². The number of amidine groups is 1. The van der Waals surface area contributed by atoms with Crippen LogP contribution in [-0.4, -0.2) is 40.4 Å². The van der Waals surface area contributed by atoms with Crippen LogP contribution < -0.4 is 14.8 Å². The molecule has 0 atom stereocenters. The third-order valence-corrected chi connectivity index (χ3v) is 5.30. The van der Waals surface area contributed by atoms with Crippen molar-refractivity contribution in [3.8, 4) is 5.75 Å². The molecule has 2 aromatic carbocycles. The van der Waals surface area contributed by atoms with Crippen molar-refractivity contribution in [2.24, 2.45) is 4.99 Å². The van der Waals surface area contributed by atoms with E-state index in [1.54, 1.807) is 55.6 Å². The van der Waals surface area contributed by atoms with Crippen molar-refractivity contribution in [1.29, 1.82) is 0 Å². The molecule has 0 saturated heterocycles. The van der Waals surface area contributed by atoms with Crippen molar-refractivity contribution in [2.45, 2.75) is 11.3 Å². The zero-order chi connectivity index (χ0) is 18.6. The lowest BCUT2D eigenvalue weighted by Gasteiger charge is -2.05. The number of ether oxygens (including phenoxy) is 1. The van der Waals surface area contributed by atoms with Gasteiger partial charge in [-0.3, -0.25) is 14.5 Å². The van der Waals surface area contributed by atoms with Gasteiger partial charge in [-0.15, -0.1) is 0 Å². The van der Waals surface area contributed by atoms with Gasteiger partial charge in [0.15, 0.2) is 0 Å². The van der Waals surface area contributed by atoms with Crippen LogP contribution in [0.1, 0.15) is 22.3 Å². The smallest absolute Gasteiger partial charge is 0.263 e. The average Bonchev–Trinajstić information content (AvgIpc) is 2.92. The number of hydrogen-bond donors (Lipinski definition) is 2. The van der Waals surface area contributed by atoms with Crippen LogP contribution in [0.15, 0.2) is 58.4 Å². The summed E-state index contributed by atoms with van der Waals surface area (Å²) in [4.78, 5) is 16.6. The summed E-state index contributed by atoms with van der Waals surface area (Å²) in [5.74, 6) is 0.867. The SMILES string of the molecule is COc1ccc(C(=O)NCCCN=C2NS(=O)(=O)c3ccccc32)cc1. The third kappa shape index (κ3) is 3.85. The first-order valence-electron chi connectivity index (χ1n) is 8.10. The Kier molecular flexibility index (Phi) is 5.22. The van der Waals surface area contributed by atoms with Crippen molar-refractivity contribution >= 4 is 21.8 Å². The predicted octanol–water partition coefficient (Wildman–Crippen LogP) is 1.55. The number of hydrogen-bond acceptors (Lipinski definition) is 5. The summed E-state index contributed by atoms with van der Waals surface area (Å²) >= 11 is 0. The van der Waals surface area contributed by atoms with E-state index < -0.39 is 10.0 Å². The number of rotatable bonds is 6. The number of fused-ring (bicyclic) bond motifs is 1. The van der Waals surface area contributed by atoms with E-state index in [-0.39, 0.29) is 10.8 Å². The van der Waals surface area contributed by atoms with Crippen LogP contribution in [0.25, 0.3) is 0 Å². The van der Waals surface area contributed by atoms with Gasteiger partial charge < -0.3 is 10.1 Å². The molecule has 1 amide bonds. The van der Waals surface area contributed by atoms with Crippen molar-refractivity contribution in [3.05, 3.63) is 59.7 Å². The van der Waals surface area contributed by atoms with Crippen LogP contribution in [0.2, 0.25) is 0 Å². The summed E-state index contributed by atoms with van der Waals surface area (Å²) in [6.45, 7) is 0.838. The quantitative estimate of drug-likeness (QED) is 0.751. The second-order valence-corrected chi connectivity index (χ2v) is 7.32. The Bertz CT molecular complexity index is 937. The molecule has 0 bridgehead atoms. The lowest BCUT2D eigenvalue weighted by Crippen LogP contribution is -2.25. The zero-order valence-electron chi connectivity index (χ0n) is 14.2. The molecule has 3 rings (SSSR count). The molecule has 136 valence electrons. The number of sulfonamides is 1. The van der Waals surface area contributed by atoms with Crippen molar-refractivity contribution in [1.82, 2.24) is 10.0 Å². The van der Waals surface area contributed by atoms with E-state index in [0.29, 0.717) is 42.2 Å². The Labute approximate surface area is 152 Å². The van der Waals surface area contributed by atoms with E-state index in [4.69, 9.17) is 4.74 Å². The Morgan fingerprint density at radius 1 is 1.15 bits per heavy atom. The minimum atomic E-state index is -3.51. The molecule has 0 saturated carbocycles. The first kappa shape index (κ1) is 17.9. The molecule has 8 heteroatoms. The second kappa shape index (κ2) is 7.57. The fraction of sp³-hybridized carbons (Fsp3) is 0.222. The summed E-state index contributed by atoms with van der Waals surface area (Å²) in [5, 5.41) is 2.81. The molecule has 26 heavy (non-hydrogen) atoms. The summed E-state index contributed by atoms with van der Waals surface area (Å²) in [6.07, 6.45) is 0.593. The molecule has 2 aromatic rings. The maximum atomic E-state index is 12.0. The summed E-state index contributed by atoms with van der Waals surface area (Å²) in [6, 6.07) is 13.6. The lowest BCUT2D eigenvalue weighted by atomic mass is 10.2. The first-order valence-corrected chi connectivity index (χ1v) is 9.58. The van der Waals surface area contributed by atoms with Crippen LogP contribution in [0.5, 0.6) is 5.75 Å². The van der Waals surface area contributed by atoms with Crippen molar-refractivity contribution in [2.75, 3.05) is 20.2 Å². The third-order valence-electron chi connectivity index (χ3n) is 3.91. The Hall–Kier alpha value is -2.87. The Morgan fingerprint density at radius 3 is 2.62 bits per heavy atom. The highest BCUT2D eigenvalue weighted by molar-refractivity contribution is 7.90. The van der Waals surface area contributed by atoms with Crippen LogP contribution in [0.4, 0.5) is 0 Å². The van der Waals surface area contributed by atoms with Gasteiger partial charge in [0.25, 0.3) is 15.9 Å². The molecule has 1 aliphatic rings. The average molecular weight is 373 g/mol. The van der Waals surface area contributed by atoms with Gasteiger partial charge in [0.1, 0.15) is 11.6 Å². The Morgan fingerprint density at radius 2 is 1.88 bits per heavy atom. The molecule has 0 unspecified atom stereocenters. The van der Waals surface area contributed by atoms with Gasteiger partial charge in [0.2, 0.25) is 0 Å². The van der Waals surface area contributed by atoms with Crippen LogP contribution in [-0.2, 0) is 10.0 Å². The Balaban J connectivity index is 1.51. The minimum absolute atomic E-state index is 0.174. The molecular formula is C18H19N3O4S. The predicted molar refractivity (Wildman–Crippen MR) is 98.1 cm³/mol. The molecular weight excluding hydrogens is 354 g/mol.